The van der Waals surface area contributed by atoms with Crippen LogP contribution in [0.4, 0.5) is 9.18 Å². The molecule has 1 aromatic carbocycles. The molecular formula is C16H18FN3O2. The van der Waals surface area contributed by atoms with E-state index < -0.39 is 0 Å². The van der Waals surface area contributed by atoms with Gasteiger partial charge in [-0.15, -0.1) is 0 Å². The Morgan fingerprint density at radius 2 is 2.05 bits per heavy atom. The van der Waals surface area contributed by atoms with Gasteiger partial charge in [0.05, 0.1) is 7.11 Å². The zero-order valence-corrected chi connectivity index (χ0v) is 12.5. The van der Waals surface area contributed by atoms with Crippen LogP contribution in [0.25, 0.3) is 0 Å². The molecular weight excluding hydrogens is 285 g/mol. The highest BCUT2D eigenvalue weighted by Gasteiger charge is 2.06. The molecule has 6 heteroatoms. The maximum Gasteiger partial charge on any atom is 0.315 e. The zero-order valence-electron chi connectivity index (χ0n) is 12.5. The number of hydrogen-bond donors (Lipinski definition) is 2. The molecule has 5 nitrogen and oxygen atoms in total. The number of hydrogen-bond acceptors (Lipinski definition) is 3. The molecule has 0 atom stereocenters. The van der Waals surface area contributed by atoms with E-state index in [2.05, 4.69) is 15.6 Å². The van der Waals surface area contributed by atoms with Gasteiger partial charge in [0.1, 0.15) is 5.82 Å². The van der Waals surface area contributed by atoms with Crippen molar-refractivity contribution in [1.29, 1.82) is 0 Å². The molecule has 0 radical (unpaired) electrons. The van der Waals surface area contributed by atoms with Gasteiger partial charge in [-0.2, -0.15) is 0 Å². The van der Waals surface area contributed by atoms with E-state index in [1.165, 1.54) is 13.2 Å². The third-order valence-electron chi connectivity index (χ3n) is 3.17. The summed E-state index contributed by atoms with van der Waals surface area (Å²) in [5.74, 6) is 0.197. The van der Waals surface area contributed by atoms with Gasteiger partial charge in [-0.05, 0) is 30.2 Å². The number of nitrogens with one attached hydrogen (secondary N) is 2. The molecule has 0 aliphatic rings. The first kappa shape index (κ1) is 15.8. The lowest BCUT2D eigenvalue weighted by Gasteiger charge is -2.10. The zero-order chi connectivity index (χ0) is 15.9. The lowest BCUT2D eigenvalue weighted by atomic mass is 10.1. The summed E-state index contributed by atoms with van der Waals surface area (Å²) in [6.45, 7) is 2.25. The SMILES string of the molecule is COc1ncccc1CNC(=O)NCc1ccc(C)c(F)c1. The number of amides is 2. The van der Waals surface area contributed by atoms with E-state index in [4.69, 9.17) is 4.74 Å². The van der Waals surface area contributed by atoms with Gasteiger partial charge in [-0.1, -0.05) is 18.2 Å². The van der Waals surface area contributed by atoms with Gasteiger partial charge in [0.15, 0.2) is 0 Å². The second-order valence-corrected chi connectivity index (χ2v) is 4.79. The van der Waals surface area contributed by atoms with Crippen LogP contribution in [-0.4, -0.2) is 18.1 Å². The number of ether oxygens (including phenoxy) is 1. The number of pyridine rings is 1. The number of nitrogens with zero attached hydrogens (tertiary/aromatic N) is 1. The highest BCUT2D eigenvalue weighted by atomic mass is 19.1. The molecule has 22 heavy (non-hydrogen) atoms. The number of benzene rings is 1. The lowest BCUT2D eigenvalue weighted by Crippen LogP contribution is -2.34. The van der Waals surface area contributed by atoms with Gasteiger partial charge >= 0.3 is 6.03 Å². The molecule has 0 unspecified atom stereocenters. The second-order valence-electron chi connectivity index (χ2n) is 4.79. The Kier molecular flexibility index (Phi) is 5.30. The molecule has 0 saturated heterocycles. The van der Waals surface area contributed by atoms with Gasteiger partial charge in [-0.3, -0.25) is 0 Å². The van der Waals surface area contributed by atoms with Crippen LogP contribution < -0.4 is 15.4 Å². The van der Waals surface area contributed by atoms with Crippen molar-refractivity contribution in [3.8, 4) is 5.88 Å². The largest absolute Gasteiger partial charge is 0.481 e. The number of methoxy groups -OCH3 is 1. The summed E-state index contributed by atoms with van der Waals surface area (Å²) in [6.07, 6.45) is 1.62. The van der Waals surface area contributed by atoms with E-state index >= 15 is 0 Å². The van der Waals surface area contributed by atoms with Gasteiger partial charge in [0.2, 0.25) is 5.88 Å². The molecule has 2 aromatic rings. The molecule has 2 rings (SSSR count). The van der Waals surface area contributed by atoms with Crippen LogP contribution in [0.5, 0.6) is 5.88 Å². The molecule has 0 bridgehead atoms. The number of urea groups is 1. The van der Waals surface area contributed by atoms with Crippen molar-refractivity contribution < 1.29 is 13.9 Å². The van der Waals surface area contributed by atoms with Gasteiger partial charge in [-0.25, -0.2) is 14.2 Å². The van der Waals surface area contributed by atoms with Crippen LogP contribution >= 0.6 is 0 Å². The molecule has 1 aromatic heterocycles. The molecule has 116 valence electrons. The number of rotatable bonds is 5. The highest BCUT2D eigenvalue weighted by molar-refractivity contribution is 5.73. The molecule has 1 heterocycles. The standard InChI is InChI=1S/C16H18FN3O2/c1-11-5-6-12(8-14(11)17)9-19-16(21)20-10-13-4-3-7-18-15(13)22-2/h3-8H,9-10H2,1-2H3,(H2,19,20,21). The quantitative estimate of drug-likeness (QED) is 0.892. The second kappa shape index (κ2) is 7.40. The van der Waals surface area contributed by atoms with Crippen LogP contribution in [0.1, 0.15) is 16.7 Å². The fraction of sp³-hybridized carbons (Fsp3) is 0.250. The summed E-state index contributed by atoms with van der Waals surface area (Å²) in [6, 6.07) is 8.13. The number of aryl methyl sites for hydroxylation is 1. The van der Waals surface area contributed by atoms with Crippen molar-refractivity contribution in [2.75, 3.05) is 7.11 Å². The summed E-state index contributed by atoms with van der Waals surface area (Å²) in [4.78, 5) is 15.8. The Morgan fingerprint density at radius 1 is 1.27 bits per heavy atom. The Labute approximate surface area is 128 Å². The van der Waals surface area contributed by atoms with E-state index in [0.717, 1.165) is 5.56 Å². The van der Waals surface area contributed by atoms with E-state index in [-0.39, 0.29) is 18.4 Å². The summed E-state index contributed by atoms with van der Waals surface area (Å²) in [5.41, 5.74) is 2.07. The van der Waals surface area contributed by atoms with Crippen molar-refractivity contribution >= 4 is 6.03 Å². The summed E-state index contributed by atoms with van der Waals surface area (Å²) in [7, 11) is 1.53. The minimum Gasteiger partial charge on any atom is -0.481 e. The third-order valence-corrected chi connectivity index (χ3v) is 3.17. The Hall–Kier alpha value is -2.63. The molecule has 2 amide bonds. The Balaban J connectivity index is 1.84. The number of aromatic nitrogens is 1. The first-order chi connectivity index (χ1) is 10.6. The van der Waals surface area contributed by atoms with Crippen LogP contribution in [0, 0.1) is 12.7 Å². The predicted molar refractivity (Wildman–Crippen MR) is 81.0 cm³/mol. The summed E-state index contributed by atoms with van der Waals surface area (Å²) in [5, 5.41) is 5.38. The van der Waals surface area contributed by atoms with E-state index in [0.29, 0.717) is 23.6 Å². The van der Waals surface area contributed by atoms with E-state index in [1.54, 1.807) is 31.3 Å². The molecule has 2 N–H and O–H groups in total. The fourth-order valence-electron chi connectivity index (χ4n) is 1.91. The summed E-state index contributed by atoms with van der Waals surface area (Å²) < 4.78 is 18.5. The predicted octanol–water partition coefficient (Wildman–Crippen LogP) is 2.54. The van der Waals surface area contributed by atoms with Crippen molar-refractivity contribution in [1.82, 2.24) is 15.6 Å². The van der Waals surface area contributed by atoms with Crippen LogP contribution in [-0.2, 0) is 13.1 Å². The average Bonchev–Trinajstić information content (AvgIpc) is 2.54. The number of halogens is 1. The fourth-order valence-corrected chi connectivity index (χ4v) is 1.91. The average molecular weight is 303 g/mol. The topological polar surface area (TPSA) is 63.2 Å². The van der Waals surface area contributed by atoms with Crippen LogP contribution in [0.2, 0.25) is 0 Å². The van der Waals surface area contributed by atoms with Gasteiger partial charge in [0.25, 0.3) is 0 Å². The maximum absolute atomic E-state index is 13.4. The lowest BCUT2D eigenvalue weighted by molar-refractivity contribution is 0.240. The molecule has 0 aliphatic heterocycles. The van der Waals surface area contributed by atoms with Crippen molar-refractivity contribution in [2.45, 2.75) is 20.0 Å². The van der Waals surface area contributed by atoms with Gasteiger partial charge in [0, 0.05) is 24.8 Å². The first-order valence-corrected chi connectivity index (χ1v) is 6.84. The third kappa shape index (κ3) is 4.18. The van der Waals surface area contributed by atoms with Crippen LogP contribution in [0.3, 0.4) is 0 Å². The van der Waals surface area contributed by atoms with E-state index in [1.807, 2.05) is 6.07 Å². The first-order valence-electron chi connectivity index (χ1n) is 6.84. The van der Waals surface area contributed by atoms with Crippen LogP contribution in [0.15, 0.2) is 36.5 Å². The Bertz CT molecular complexity index is 662. The smallest absolute Gasteiger partial charge is 0.315 e. The molecule has 0 fully saturated rings. The van der Waals surface area contributed by atoms with Crippen molar-refractivity contribution in [3.63, 3.8) is 0 Å². The van der Waals surface area contributed by atoms with Crippen molar-refractivity contribution in [3.05, 3.63) is 59.0 Å². The molecule has 0 spiro atoms. The van der Waals surface area contributed by atoms with Gasteiger partial charge < -0.3 is 15.4 Å². The van der Waals surface area contributed by atoms with E-state index in [9.17, 15) is 9.18 Å². The minimum absolute atomic E-state index is 0.257. The molecule has 0 saturated carbocycles. The van der Waals surface area contributed by atoms with Crippen molar-refractivity contribution in [2.24, 2.45) is 0 Å². The maximum atomic E-state index is 13.4. The monoisotopic (exact) mass is 303 g/mol. The normalized spacial score (nSPS) is 10.1. The number of carbonyl (C=O) groups excluding carboxylic acids is 1. The highest BCUT2D eigenvalue weighted by Crippen LogP contribution is 2.12. The summed E-state index contributed by atoms with van der Waals surface area (Å²) >= 11 is 0. The number of carbonyl (C=O) groups is 1. The minimum atomic E-state index is -0.341. The molecule has 0 aliphatic carbocycles. The Morgan fingerprint density at radius 3 is 2.77 bits per heavy atom.